The van der Waals surface area contributed by atoms with E-state index >= 15 is 0 Å². The van der Waals surface area contributed by atoms with Crippen LogP contribution >= 0.6 is 0 Å². The molecule has 0 saturated carbocycles. The number of rotatable bonds is 5. The molecule has 1 rings (SSSR count). The number of ether oxygens (including phenoxy) is 1. The molecule has 1 unspecified atom stereocenters. The van der Waals surface area contributed by atoms with Gasteiger partial charge in [0.15, 0.2) is 0 Å². The first kappa shape index (κ1) is 11.0. The molecule has 1 aromatic carbocycles. The van der Waals surface area contributed by atoms with Gasteiger partial charge in [0.2, 0.25) is 0 Å². The lowest BCUT2D eigenvalue weighted by Gasteiger charge is -2.10. The van der Waals surface area contributed by atoms with Gasteiger partial charge in [-0.05, 0) is 32.5 Å². The zero-order valence-corrected chi connectivity index (χ0v) is 8.59. The van der Waals surface area contributed by atoms with Gasteiger partial charge in [-0.2, -0.15) is 0 Å². The summed E-state index contributed by atoms with van der Waals surface area (Å²) in [5.41, 5.74) is 0. The summed E-state index contributed by atoms with van der Waals surface area (Å²) in [5, 5.41) is 3.11. The molecule has 14 heavy (non-hydrogen) atoms. The Morgan fingerprint density at radius 1 is 1.50 bits per heavy atom. The van der Waals surface area contributed by atoms with Crippen LogP contribution in [0.4, 0.5) is 4.39 Å². The van der Waals surface area contributed by atoms with Crippen molar-refractivity contribution in [1.82, 2.24) is 5.32 Å². The van der Waals surface area contributed by atoms with Crippen LogP contribution in [0.2, 0.25) is 0 Å². The van der Waals surface area contributed by atoms with E-state index in [1.807, 2.05) is 7.05 Å². The minimum absolute atomic E-state index is 0.260. The van der Waals surface area contributed by atoms with E-state index < -0.39 is 0 Å². The van der Waals surface area contributed by atoms with E-state index in [2.05, 4.69) is 12.2 Å². The SMILES string of the molecule is CNC(C)CCOc1cccc(F)c1. The summed E-state index contributed by atoms with van der Waals surface area (Å²) in [4.78, 5) is 0. The Hall–Kier alpha value is -1.09. The molecule has 78 valence electrons. The second-order valence-corrected chi connectivity index (χ2v) is 3.28. The Bertz CT molecular complexity index is 278. The molecule has 1 aromatic rings. The van der Waals surface area contributed by atoms with Crippen molar-refractivity contribution >= 4 is 0 Å². The summed E-state index contributed by atoms with van der Waals surface area (Å²) in [7, 11) is 1.91. The highest BCUT2D eigenvalue weighted by atomic mass is 19.1. The van der Waals surface area contributed by atoms with E-state index in [0.29, 0.717) is 18.4 Å². The Labute approximate surface area is 84.1 Å². The van der Waals surface area contributed by atoms with E-state index in [0.717, 1.165) is 6.42 Å². The van der Waals surface area contributed by atoms with E-state index in [4.69, 9.17) is 4.74 Å². The molecule has 0 amide bonds. The van der Waals surface area contributed by atoms with Crippen LogP contribution in [0.5, 0.6) is 5.75 Å². The molecule has 0 aromatic heterocycles. The molecular weight excluding hydrogens is 181 g/mol. The van der Waals surface area contributed by atoms with Gasteiger partial charge in [0.1, 0.15) is 11.6 Å². The van der Waals surface area contributed by atoms with Crippen LogP contribution in [-0.2, 0) is 0 Å². The van der Waals surface area contributed by atoms with Crippen LogP contribution < -0.4 is 10.1 Å². The quantitative estimate of drug-likeness (QED) is 0.781. The van der Waals surface area contributed by atoms with Crippen molar-refractivity contribution in [3.8, 4) is 5.75 Å². The summed E-state index contributed by atoms with van der Waals surface area (Å²) in [6, 6.07) is 6.62. The fraction of sp³-hybridized carbons (Fsp3) is 0.455. The van der Waals surface area contributed by atoms with Gasteiger partial charge in [0, 0.05) is 12.1 Å². The highest BCUT2D eigenvalue weighted by molar-refractivity contribution is 5.22. The lowest BCUT2D eigenvalue weighted by molar-refractivity contribution is 0.292. The number of halogens is 1. The molecule has 0 heterocycles. The zero-order chi connectivity index (χ0) is 10.4. The van der Waals surface area contributed by atoms with Crippen molar-refractivity contribution < 1.29 is 9.13 Å². The molecular formula is C11H16FNO. The van der Waals surface area contributed by atoms with Crippen molar-refractivity contribution in [2.75, 3.05) is 13.7 Å². The topological polar surface area (TPSA) is 21.3 Å². The van der Waals surface area contributed by atoms with E-state index in [1.165, 1.54) is 12.1 Å². The Morgan fingerprint density at radius 3 is 2.93 bits per heavy atom. The van der Waals surface area contributed by atoms with E-state index in [-0.39, 0.29) is 5.82 Å². The van der Waals surface area contributed by atoms with Crippen LogP contribution in [0.25, 0.3) is 0 Å². The highest BCUT2D eigenvalue weighted by Crippen LogP contribution is 2.12. The Balaban J connectivity index is 2.31. The molecule has 0 radical (unpaired) electrons. The third-order valence-electron chi connectivity index (χ3n) is 2.11. The number of nitrogens with one attached hydrogen (secondary N) is 1. The maximum Gasteiger partial charge on any atom is 0.126 e. The van der Waals surface area contributed by atoms with Gasteiger partial charge >= 0.3 is 0 Å². The standard InChI is InChI=1S/C11H16FNO/c1-9(13-2)6-7-14-11-5-3-4-10(12)8-11/h3-5,8-9,13H,6-7H2,1-2H3. The van der Waals surface area contributed by atoms with Crippen LogP contribution in [0.1, 0.15) is 13.3 Å². The Morgan fingerprint density at radius 2 is 2.29 bits per heavy atom. The Kier molecular flexibility index (Phi) is 4.40. The molecule has 0 saturated heterocycles. The van der Waals surface area contributed by atoms with E-state index in [1.54, 1.807) is 12.1 Å². The molecule has 0 aliphatic carbocycles. The van der Waals surface area contributed by atoms with Crippen LogP contribution in [-0.4, -0.2) is 19.7 Å². The van der Waals surface area contributed by atoms with Crippen molar-refractivity contribution in [2.45, 2.75) is 19.4 Å². The number of hydrogen-bond donors (Lipinski definition) is 1. The molecule has 1 N–H and O–H groups in total. The molecule has 0 spiro atoms. The number of hydrogen-bond acceptors (Lipinski definition) is 2. The van der Waals surface area contributed by atoms with Crippen LogP contribution in [0.15, 0.2) is 24.3 Å². The summed E-state index contributed by atoms with van der Waals surface area (Å²) < 4.78 is 18.1. The zero-order valence-electron chi connectivity index (χ0n) is 8.59. The fourth-order valence-corrected chi connectivity index (χ4v) is 1.05. The lowest BCUT2D eigenvalue weighted by Crippen LogP contribution is -2.23. The summed E-state index contributed by atoms with van der Waals surface area (Å²) in [6.45, 7) is 2.68. The molecule has 1 atom stereocenters. The average Bonchev–Trinajstić information content (AvgIpc) is 2.17. The predicted molar refractivity (Wildman–Crippen MR) is 55.0 cm³/mol. The summed E-state index contributed by atoms with van der Waals surface area (Å²) in [5.74, 6) is 0.331. The van der Waals surface area contributed by atoms with Gasteiger partial charge in [0.25, 0.3) is 0 Å². The van der Waals surface area contributed by atoms with Crippen LogP contribution in [0.3, 0.4) is 0 Å². The van der Waals surface area contributed by atoms with Gasteiger partial charge in [-0.1, -0.05) is 6.07 Å². The molecule has 3 heteroatoms. The van der Waals surface area contributed by atoms with Crippen molar-refractivity contribution in [2.24, 2.45) is 0 Å². The monoisotopic (exact) mass is 197 g/mol. The highest BCUT2D eigenvalue weighted by Gasteiger charge is 1.99. The molecule has 0 aliphatic heterocycles. The first-order chi connectivity index (χ1) is 6.72. The molecule has 0 fully saturated rings. The minimum atomic E-state index is -0.260. The number of benzene rings is 1. The van der Waals surface area contributed by atoms with Gasteiger partial charge in [0.05, 0.1) is 6.61 Å². The van der Waals surface area contributed by atoms with Crippen molar-refractivity contribution in [3.05, 3.63) is 30.1 Å². The predicted octanol–water partition coefficient (Wildman–Crippen LogP) is 2.20. The van der Waals surface area contributed by atoms with Gasteiger partial charge in [-0.3, -0.25) is 0 Å². The first-order valence-electron chi connectivity index (χ1n) is 4.78. The van der Waals surface area contributed by atoms with Crippen molar-refractivity contribution in [3.63, 3.8) is 0 Å². The van der Waals surface area contributed by atoms with Gasteiger partial charge in [-0.25, -0.2) is 4.39 Å². The normalized spacial score (nSPS) is 12.5. The minimum Gasteiger partial charge on any atom is -0.493 e. The molecule has 0 aliphatic rings. The third kappa shape index (κ3) is 3.75. The maximum atomic E-state index is 12.7. The second kappa shape index (κ2) is 5.60. The van der Waals surface area contributed by atoms with Crippen LogP contribution in [0, 0.1) is 5.82 Å². The van der Waals surface area contributed by atoms with E-state index in [9.17, 15) is 4.39 Å². The average molecular weight is 197 g/mol. The molecule has 2 nitrogen and oxygen atoms in total. The summed E-state index contributed by atoms with van der Waals surface area (Å²) in [6.07, 6.45) is 0.910. The first-order valence-corrected chi connectivity index (χ1v) is 4.78. The second-order valence-electron chi connectivity index (χ2n) is 3.28. The maximum absolute atomic E-state index is 12.7. The third-order valence-corrected chi connectivity index (χ3v) is 2.11. The fourth-order valence-electron chi connectivity index (χ4n) is 1.05. The van der Waals surface area contributed by atoms with Gasteiger partial charge in [-0.15, -0.1) is 0 Å². The van der Waals surface area contributed by atoms with Crippen molar-refractivity contribution in [1.29, 1.82) is 0 Å². The van der Waals surface area contributed by atoms with Gasteiger partial charge < -0.3 is 10.1 Å². The largest absolute Gasteiger partial charge is 0.493 e. The lowest BCUT2D eigenvalue weighted by atomic mass is 10.2. The smallest absolute Gasteiger partial charge is 0.126 e. The summed E-state index contributed by atoms with van der Waals surface area (Å²) >= 11 is 0. The molecule has 0 bridgehead atoms.